The van der Waals surface area contributed by atoms with E-state index in [0.29, 0.717) is 16.9 Å². The van der Waals surface area contributed by atoms with Gasteiger partial charge < -0.3 is 10.8 Å². The summed E-state index contributed by atoms with van der Waals surface area (Å²) in [5.41, 5.74) is 5.78. The molecule has 0 saturated carbocycles. The van der Waals surface area contributed by atoms with Crippen LogP contribution in [0, 0.1) is 5.82 Å². The molecule has 18 heavy (non-hydrogen) atoms. The molecule has 1 aromatic carbocycles. The van der Waals surface area contributed by atoms with Gasteiger partial charge in [0.1, 0.15) is 5.82 Å². The lowest BCUT2D eigenvalue weighted by Gasteiger charge is -2.17. The Morgan fingerprint density at radius 2 is 2.17 bits per heavy atom. The van der Waals surface area contributed by atoms with Gasteiger partial charge in [-0.3, -0.25) is 10.1 Å². The lowest BCUT2D eigenvalue weighted by atomic mass is 9.98. The van der Waals surface area contributed by atoms with Crippen LogP contribution in [0.3, 0.4) is 0 Å². The Hall–Kier alpha value is -1.88. The van der Waals surface area contributed by atoms with Gasteiger partial charge in [0.05, 0.1) is 22.6 Å². The Labute approximate surface area is 104 Å². The Morgan fingerprint density at radius 1 is 1.50 bits per heavy atom. The molecule has 95 valence electrons. The molecule has 0 fully saturated rings. The summed E-state index contributed by atoms with van der Waals surface area (Å²) in [7, 11) is 0. The Bertz CT molecular complexity index is 544. The van der Waals surface area contributed by atoms with Crippen molar-refractivity contribution in [3.63, 3.8) is 0 Å². The van der Waals surface area contributed by atoms with Crippen molar-refractivity contribution < 1.29 is 14.3 Å². The van der Waals surface area contributed by atoms with E-state index in [-0.39, 0.29) is 12.0 Å². The molecule has 0 atom stereocenters. The number of hydrogen-bond donors (Lipinski definition) is 2. The minimum absolute atomic E-state index is 0.182. The third kappa shape index (κ3) is 2.36. The van der Waals surface area contributed by atoms with Gasteiger partial charge in [0.15, 0.2) is 0 Å². The maximum absolute atomic E-state index is 13.2. The van der Waals surface area contributed by atoms with Crippen molar-refractivity contribution >= 4 is 17.2 Å². The van der Waals surface area contributed by atoms with Crippen LogP contribution in [-0.4, -0.2) is 16.6 Å². The molecular formula is C13H14FN2O2. The number of primary amides is 1. The van der Waals surface area contributed by atoms with E-state index in [1.54, 1.807) is 13.8 Å². The van der Waals surface area contributed by atoms with Gasteiger partial charge in [-0.1, -0.05) is 0 Å². The first kappa shape index (κ1) is 12.6. The number of rotatable bonds is 3. The Balaban J connectivity index is 2.49. The molecule has 5 heteroatoms. The highest BCUT2D eigenvalue weighted by atomic mass is 19.1. The van der Waals surface area contributed by atoms with Gasteiger partial charge in [-0.25, -0.2) is 4.39 Å². The first-order valence-electron chi connectivity index (χ1n) is 5.55. The number of carbonyl (C=O) groups is 1. The fraction of sp³-hybridized carbons (Fsp3) is 0.308. The highest BCUT2D eigenvalue weighted by molar-refractivity contribution is 6.22. The van der Waals surface area contributed by atoms with E-state index < -0.39 is 17.3 Å². The largest absolute Gasteiger partial charge is 0.390 e. The van der Waals surface area contributed by atoms with Crippen molar-refractivity contribution in [1.82, 2.24) is 5.32 Å². The number of halogens is 1. The predicted octanol–water partition coefficient (Wildman–Crippen LogP) is 1.43. The summed E-state index contributed by atoms with van der Waals surface area (Å²) in [6, 6.07) is 4.00. The summed E-state index contributed by atoms with van der Waals surface area (Å²) in [5.74, 6) is -1.12. The average Bonchev–Trinajstić information content (AvgIpc) is 2.51. The molecule has 3 N–H and O–H groups in total. The van der Waals surface area contributed by atoms with Crippen LogP contribution in [0.15, 0.2) is 23.9 Å². The minimum Gasteiger partial charge on any atom is -0.390 e. The number of aliphatic hydroxyl groups is 1. The second-order valence-electron chi connectivity index (χ2n) is 4.95. The van der Waals surface area contributed by atoms with Crippen molar-refractivity contribution in [3.05, 3.63) is 35.3 Å². The van der Waals surface area contributed by atoms with E-state index in [9.17, 15) is 14.3 Å². The van der Waals surface area contributed by atoms with Gasteiger partial charge in [-0.05, 0) is 32.0 Å². The lowest BCUT2D eigenvalue weighted by Crippen LogP contribution is -2.22. The van der Waals surface area contributed by atoms with Crippen molar-refractivity contribution in [3.8, 4) is 0 Å². The van der Waals surface area contributed by atoms with Gasteiger partial charge in [0.25, 0.3) is 5.91 Å². The van der Waals surface area contributed by atoms with Crippen LogP contribution in [-0.2, 0) is 4.79 Å². The summed E-state index contributed by atoms with van der Waals surface area (Å²) in [4.78, 5) is 11.5. The smallest absolute Gasteiger partial charge is 0.251 e. The fourth-order valence-corrected chi connectivity index (χ4v) is 1.98. The first-order chi connectivity index (χ1) is 8.28. The number of nitrogens with two attached hydrogens (primary N) is 1. The lowest BCUT2D eigenvalue weighted by molar-refractivity contribution is -0.112. The van der Waals surface area contributed by atoms with Gasteiger partial charge in [-0.2, -0.15) is 0 Å². The molecule has 0 saturated heterocycles. The Morgan fingerprint density at radius 3 is 2.72 bits per heavy atom. The third-order valence-corrected chi connectivity index (χ3v) is 2.62. The molecule has 1 amide bonds. The molecule has 0 unspecified atom stereocenters. The van der Waals surface area contributed by atoms with Crippen LogP contribution in [0.4, 0.5) is 10.1 Å². The van der Waals surface area contributed by atoms with Crippen molar-refractivity contribution in [2.45, 2.75) is 25.9 Å². The highest BCUT2D eigenvalue weighted by Crippen LogP contribution is 2.37. The molecule has 0 bridgehead atoms. The van der Waals surface area contributed by atoms with Crippen molar-refractivity contribution in [2.75, 3.05) is 0 Å². The number of nitrogens with zero attached hydrogens (tertiary/aromatic N) is 1. The monoisotopic (exact) mass is 249 g/mol. The molecule has 1 heterocycles. The minimum atomic E-state index is -1.01. The molecule has 2 rings (SSSR count). The molecule has 1 aliphatic rings. The van der Waals surface area contributed by atoms with E-state index in [4.69, 9.17) is 5.73 Å². The van der Waals surface area contributed by atoms with Gasteiger partial charge in [-0.15, -0.1) is 0 Å². The predicted molar refractivity (Wildman–Crippen MR) is 65.2 cm³/mol. The van der Waals surface area contributed by atoms with Crippen LogP contribution in [0.25, 0.3) is 5.57 Å². The summed E-state index contributed by atoms with van der Waals surface area (Å²) in [5, 5.41) is 14.0. The number of amides is 1. The first-order valence-corrected chi connectivity index (χ1v) is 5.55. The number of hydrogen-bond acceptors (Lipinski definition) is 2. The number of benzene rings is 1. The molecular weight excluding hydrogens is 235 g/mol. The molecule has 0 spiro atoms. The normalized spacial score (nSPS) is 14.4. The molecule has 0 aliphatic carbocycles. The number of carbonyl (C=O) groups excluding carboxylic acids is 1. The second kappa shape index (κ2) is 4.10. The quantitative estimate of drug-likeness (QED) is 0.850. The topological polar surface area (TPSA) is 77.4 Å². The molecule has 1 aliphatic heterocycles. The van der Waals surface area contributed by atoms with E-state index in [1.807, 2.05) is 0 Å². The van der Waals surface area contributed by atoms with Gasteiger partial charge in [0, 0.05) is 12.0 Å². The molecule has 1 aromatic rings. The second-order valence-corrected chi connectivity index (χ2v) is 4.95. The van der Waals surface area contributed by atoms with Gasteiger partial charge in [0.2, 0.25) is 0 Å². The van der Waals surface area contributed by atoms with E-state index in [1.165, 1.54) is 18.2 Å². The van der Waals surface area contributed by atoms with Crippen LogP contribution >= 0.6 is 0 Å². The van der Waals surface area contributed by atoms with E-state index >= 15 is 0 Å². The summed E-state index contributed by atoms with van der Waals surface area (Å²) in [6.45, 7) is 3.22. The van der Waals surface area contributed by atoms with Gasteiger partial charge >= 0.3 is 0 Å². The van der Waals surface area contributed by atoms with E-state index in [2.05, 4.69) is 5.32 Å². The van der Waals surface area contributed by atoms with Crippen LogP contribution < -0.4 is 11.1 Å². The van der Waals surface area contributed by atoms with Crippen molar-refractivity contribution in [1.29, 1.82) is 0 Å². The molecule has 4 nitrogen and oxygen atoms in total. The zero-order valence-corrected chi connectivity index (χ0v) is 10.2. The third-order valence-electron chi connectivity index (χ3n) is 2.62. The fourth-order valence-electron chi connectivity index (χ4n) is 1.98. The summed E-state index contributed by atoms with van der Waals surface area (Å²) < 4.78 is 13.2. The maximum Gasteiger partial charge on any atom is 0.251 e. The SMILES string of the molecule is CC(C)(O)CC1=C(C(N)=O)c2cc(F)ccc2[N]1. The zero-order chi connectivity index (χ0) is 13.5. The standard InChI is InChI=1S/C13H14FN2O2/c1-13(2,18)6-10-11(12(15)17)8-5-7(14)3-4-9(8)16-10/h3-5,18H,6H2,1-2H3,(H2,15,17). The average molecular weight is 249 g/mol. The molecule has 1 radical (unpaired) electrons. The maximum atomic E-state index is 13.2. The van der Waals surface area contributed by atoms with Crippen LogP contribution in [0.1, 0.15) is 25.8 Å². The van der Waals surface area contributed by atoms with Crippen LogP contribution in [0.5, 0.6) is 0 Å². The zero-order valence-electron chi connectivity index (χ0n) is 10.2. The van der Waals surface area contributed by atoms with Crippen molar-refractivity contribution in [2.24, 2.45) is 5.73 Å². The van der Waals surface area contributed by atoms with E-state index in [0.717, 1.165) is 0 Å². The summed E-state index contributed by atoms with van der Waals surface area (Å²) in [6.07, 6.45) is 0.182. The molecule has 0 aromatic heterocycles. The highest BCUT2D eigenvalue weighted by Gasteiger charge is 2.30. The Kier molecular flexibility index (Phi) is 2.86. The number of fused-ring (bicyclic) bond motifs is 1. The summed E-state index contributed by atoms with van der Waals surface area (Å²) >= 11 is 0. The van der Waals surface area contributed by atoms with Crippen LogP contribution in [0.2, 0.25) is 0 Å².